The second kappa shape index (κ2) is 7.36. The lowest BCUT2D eigenvalue weighted by Crippen LogP contribution is -2.11. The van der Waals surface area contributed by atoms with Crippen molar-refractivity contribution in [1.29, 1.82) is 0 Å². The van der Waals surface area contributed by atoms with Gasteiger partial charge < -0.3 is 15.2 Å². The number of nitrogens with two attached hydrogens (primary N) is 1. The fourth-order valence-electron chi connectivity index (χ4n) is 1.65. The van der Waals surface area contributed by atoms with Crippen LogP contribution in [0.1, 0.15) is 24.8 Å². The molecule has 0 saturated heterocycles. The van der Waals surface area contributed by atoms with E-state index in [1.165, 1.54) is 5.56 Å². The summed E-state index contributed by atoms with van der Waals surface area (Å²) in [6.07, 6.45) is 1.03. The molecule has 92 valence electrons. The van der Waals surface area contributed by atoms with Crippen LogP contribution in [0.15, 0.2) is 18.2 Å². The van der Waals surface area contributed by atoms with E-state index in [0.29, 0.717) is 12.5 Å². The molecule has 0 saturated carbocycles. The van der Waals surface area contributed by atoms with Gasteiger partial charge in [0.25, 0.3) is 0 Å². The first-order valence-corrected chi connectivity index (χ1v) is 5.18. The SMILES string of the molecule is CCC(CN)c1ccc(OC)c(OC)c1.Cl. The Morgan fingerprint density at radius 3 is 2.25 bits per heavy atom. The number of benzene rings is 1. The first-order valence-electron chi connectivity index (χ1n) is 5.18. The molecule has 1 aromatic rings. The number of rotatable bonds is 5. The molecule has 0 aromatic heterocycles. The normalized spacial score (nSPS) is 11.5. The highest BCUT2D eigenvalue weighted by atomic mass is 35.5. The lowest BCUT2D eigenvalue weighted by Gasteiger charge is -2.15. The fourth-order valence-corrected chi connectivity index (χ4v) is 1.65. The molecule has 0 aliphatic heterocycles. The van der Waals surface area contributed by atoms with Crippen LogP contribution in [0.3, 0.4) is 0 Å². The molecule has 4 heteroatoms. The highest BCUT2D eigenvalue weighted by Crippen LogP contribution is 2.31. The van der Waals surface area contributed by atoms with E-state index < -0.39 is 0 Å². The van der Waals surface area contributed by atoms with E-state index in [9.17, 15) is 0 Å². The van der Waals surface area contributed by atoms with Crippen LogP contribution in [0.5, 0.6) is 11.5 Å². The van der Waals surface area contributed by atoms with Crippen LogP contribution in [-0.2, 0) is 0 Å². The summed E-state index contributed by atoms with van der Waals surface area (Å²) >= 11 is 0. The molecule has 0 fully saturated rings. The molecule has 16 heavy (non-hydrogen) atoms. The van der Waals surface area contributed by atoms with E-state index in [-0.39, 0.29) is 12.4 Å². The minimum Gasteiger partial charge on any atom is -0.493 e. The Balaban J connectivity index is 0.00000225. The monoisotopic (exact) mass is 245 g/mol. The number of hydrogen-bond donors (Lipinski definition) is 1. The van der Waals surface area contributed by atoms with Crippen molar-refractivity contribution in [3.05, 3.63) is 23.8 Å². The first kappa shape index (κ1) is 15.1. The quantitative estimate of drug-likeness (QED) is 0.867. The van der Waals surface area contributed by atoms with Crippen molar-refractivity contribution in [2.24, 2.45) is 5.73 Å². The van der Waals surface area contributed by atoms with Crippen molar-refractivity contribution in [3.8, 4) is 11.5 Å². The van der Waals surface area contributed by atoms with Crippen LogP contribution in [0.25, 0.3) is 0 Å². The van der Waals surface area contributed by atoms with E-state index >= 15 is 0 Å². The fraction of sp³-hybridized carbons (Fsp3) is 0.500. The maximum absolute atomic E-state index is 5.71. The highest BCUT2D eigenvalue weighted by molar-refractivity contribution is 5.85. The molecule has 0 heterocycles. The number of hydrogen-bond acceptors (Lipinski definition) is 3. The molecular formula is C12H20ClNO2. The molecule has 0 amide bonds. The summed E-state index contributed by atoms with van der Waals surface area (Å²) in [5.41, 5.74) is 6.91. The zero-order valence-electron chi connectivity index (χ0n) is 10.0. The van der Waals surface area contributed by atoms with Crippen molar-refractivity contribution in [1.82, 2.24) is 0 Å². The molecule has 1 atom stereocenters. The molecule has 0 aliphatic rings. The van der Waals surface area contributed by atoms with Gasteiger partial charge in [-0.05, 0) is 36.6 Å². The Labute approximate surface area is 103 Å². The highest BCUT2D eigenvalue weighted by Gasteiger charge is 2.10. The summed E-state index contributed by atoms with van der Waals surface area (Å²) in [6, 6.07) is 5.97. The third kappa shape index (κ3) is 3.29. The van der Waals surface area contributed by atoms with Gasteiger partial charge in [0.15, 0.2) is 11.5 Å². The van der Waals surface area contributed by atoms with Crippen LogP contribution < -0.4 is 15.2 Å². The topological polar surface area (TPSA) is 44.5 Å². The Kier molecular flexibility index (Phi) is 6.93. The van der Waals surface area contributed by atoms with Gasteiger partial charge in [-0.15, -0.1) is 12.4 Å². The summed E-state index contributed by atoms with van der Waals surface area (Å²) in [5, 5.41) is 0. The van der Waals surface area contributed by atoms with E-state index in [1.807, 2.05) is 18.2 Å². The lowest BCUT2D eigenvalue weighted by molar-refractivity contribution is 0.354. The minimum absolute atomic E-state index is 0. The maximum atomic E-state index is 5.71. The molecule has 0 spiro atoms. The zero-order chi connectivity index (χ0) is 11.3. The average molecular weight is 246 g/mol. The van der Waals surface area contributed by atoms with Gasteiger partial charge in [0.1, 0.15) is 0 Å². The summed E-state index contributed by atoms with van der Waals surface area (Å²) in [4.78, 5) is 0. The second-order valence-corrected chi connectivity index (χ2v) is 3.46. The smallest absolute Gasteiger partial charge is 0.160 e. The number of methoxy groups -OCH3 is 2. The van der Waals surface area contributed by atoms with E-state index in [2.05, 4.69) is 6.92 Å². The summed E-state index contributed by atoms with van der Waals surface area (Å²) in [7, 11) is 3.28. The second-order valence-electron chi connectivity index (χ2n) is 3.46. The lowest BCUT2D eigenvalue weighted by atomic mass is 9.96. The molecule has 0 radical (unpaired) electrons. The van der Waals surface area contributed by atoms with Gasteiger partial charge in [0.2, 0.25) is 0 Å². The Bertz CT molecular complexity index is 314. The van der Waals surface area contributed by atoms with Crippen molar-refractivity contribution in [2.45, 2.75) is 19.3 Å². The summed E-state index contributed by atoms with van der Waals surface area (Å²) in [6.45, 7) is 2.79. The standard InChI is InChI=1S/C12H19NO2.ClH/c1-4-9(8-13)10-5-6-11(14-2)12(7-10)15-3;/h5-7,9H,4,8,13H2,1-3H3;1H. The summed E-state index contributed by atoms with van der Waals surface area (Å²) in [5.74, 6) is 1.92. The van der Waals surface area contributed by atoms with Crippen molar-refractivity contribution < 1.29 is 9.47 Å². The molecule has 1 aromatic carbocycles. The molecular weight excluding hydrogens is 226 g/mol. The third-order valence-corrected chi connectivity index (χ3v) is 2.66. The van der Waals surface area contributed by atoms with Gasteiger partial charge in [-0.1, -0.05) is 13.0 Å². The Hall–Kier alpha value is -0.930. The molecule has 3 nitrogen and oxygen atoms in total. The van der Waals surface area contributed by atoms with Crippen LogP contribution >= 0.6 is 12.4 Å². The van der Waals surface area contributed by atoms with Crippen molar-refractivity contribution in [2.75, 3.05) is 20.8 Å². The molecule has 2 N–H and O–H groups in total. The van der Waals surface area contributed by atoms with Crippen LogP contribution in [0.4, 0.5) is 0 Å². The van der Waals surface area contributed by atoms with Gasteiger partial charge in [-0.2, -0.15) is 0 Å². The van der Waals surface area contributed by atoms with Gasteiger partial charge >= 0.3 is 0 Å². The van der Waals surface area contributed by atoms with Crippen molar-refractivity contribution in [3.63, 3.8) is 0 Å². The van der Waals surface area contributed by atoms with Crippen LogP contribution in [0.2, 0.25) is 0 Å². The van der Waals surface area contributed by atoms with Crippen LogP contribution in [-0.4, -0.2) is 20.8 Å². The van der Waals surface area contributed by atoms with E-state index in [4.69, 9.17) is 15.2 Å². The van der Waals surface area contributed by atoms with E-state index in [0.717, 1.165) is 17.9 Å². The van der Waals surface area contributed by atoms with Crippen LogP contribution in [0, 0.1) is 0 Å². The van der Waals surface area contributed by atoms with Gasteiger partial charge in [0, 0.05) is 0 Å². The predicted octanol–water partition coefficient (Wildman–Crippen LogP) is 2.58. The number of halogens is 1. The minimum atomic E-state index is 0. The number of ether oxygens (including phenoxy) is 2. The molecule has 1 unspecified atom stereocenters. The summed E-state index contributed by atoms with van der Waals surface area (Å²) < 4.78 is 10.4. The molecule has 1 rings (SSSR count). The predicted molar refractivity (Wildman–Crippen MR) is 68.9 cm³/mol. The average Bonchev–Trinajstić information content (AvgIpc) is 2.30. The zero-order valence-corrected chi connectivity index (χ0v) is 10.8. The van der Waals surface area contributed by atoms with Gasteiger partial charge in [-0.25, -0.2) is 0 Å². The Morgan fingerprint density at radius 2 is 1.81 bits per heavy atom. The van der Waals surface area contributed by atoms with E-state index in [1.54, 1.807) is 14.2 Å². The molecule has 0 aliphatic carbocycles. The largest absolute Gasteiger partial charge is 0.493 e. The molecule has 0 bridgehead atoms. The first-order chi connectivity index (χ1) is 7.26. The van der Waals surface area contributed by atoms with Gasteiger partial charge in [-0.3, -0.25) is 0 Å². The van der Waals surface area contributed by atoms with Gasteiger partial charge in [0.05, 0.1) is 14.2 Å². The van der Waals surface area contributed by atoms with Crippen molar-refractivity contribution >= 4 is 12.4 Å². The Morgan fingerprint density at radius 1 is 1.19 bits per heavy atom. The third-order valence-electron chi connectivity index (χ3n) is 2.66. The maximum Gasteiger partial charge on any atom is 0.160 e.